The van der Waals surface area contributed by atoms with Gasteiger partial charge in [0.25, 0.3) is 0 Å². The summed E-state index contributed by atoms with van der Waals surface area (Å²) in [5.41, 5.74) is 0. The largest absolute Gasteiger partial charge is 0.450 e. The number of carbonyl (C=O) groups is 1. The fourth-order valence-corrected chi connectivity index (χ4v) is 2.79. The lowest BCUT2D eigenvalue weighted by atomic mass is 10.1. The third-order valence-electron chi connectivity index (χ3n) is 4.40. The van der Waals surface area contributed by atoms with E-state index in [1.807, 2.05) is 0 Å². The van der Waals surface area contributed by atoms with Crippen LogP contribution in [0, 0.1) is 0 Å². The number of ether oxygens (including phenoxy) is 1. The van der Waals surface area contributed by atoms with Crippen LogP contribution in [0.5, 0.6) is 0 Å². The molecule has 0 aliphatic rings. The van der Waals surface area contributed by atoms with Crippen molar-refractivity contribution < 1.29 is 9.53 Å². The predicted octanol–water partition coefficient (Wildman–Crippen LogP) is 6.52. The molecule has 1 N–H and O–H groups in total. The molecule has 3 nitrogen and oxygen atoms in total. The molecule has 148 valence electrons. The molecule has 0 aliphatic carbocycles. The van der Waals surface area contributed by atoms with E-state index in [0.29, 0.717) is 13.2 Å². The molecule has 0 radical (unpaired) electrons. The van der Waals surface area contributed by atoms with Gasteiger partial charge < -0.3 is 4.74 Å². The summed E-state index contributed by atoms with van der Waals surface area (Å²) in [5.74, 6) is -0.0683. The van der Waals surface area contributed by atoms with Crippen LogP contribution in [0.4, 0.5) is 0 Å². The Morgan fingerprint density at radius 2 is 1.32 bits per heavy atom. The first-order chi connectivity index (χ1) is 12.3. The fraction of sp³-hybridized carbons (Fsp3) is 0.864. The summed E-state index contributed by atoms with van der Waals surface area (Å²) in [6.07, 6.45) is 23.0. The number of hydrogen-bond acceptors (Lipinski definition) is 3. The van der Waals surface area contributed by atoms with Crippen LogP contribution in [-0.4, -0.2) is 19.2 Å². The lowest BCUT2D eigenvalue weighted by Crippen LogP contribution is -2.21. The summed E-state index contributed by atoms with van der Waals surface area (Å²) in [4.78, 5) is 11.5. The minimum atomic E-state index is -0.0683. The molecule has 0 fully saturated rings. The first-order valence-electron chi connectivity index (χ1n) is 10.8. The van der Waals surface area contributed by atoms with Gasteiger partial charge in [0.1, 0.15) is 6.73 Å². The van der Waals surface area contributed by atoms with Gasteiger partial charge >= 0.3 is 5.97 Å². The quantitative estimate of drug-likeness (QED) is 0.124. The molecule has 0 aromatic heterocycles. The number of unbranched alkanes of at least 4 members (excludes halogenated alkanes) is 11. The molecule has 0 spiro atoms. The van der Waals surface area contributed by atoms with E-state index >= 15 is 0 Å². The summed E-state index contributed by atoms with van der Waals surface area (Å²) in [6.45, 7) is 5.63. The maximum atomic E-state index is 11.5. The number of allylic oxidation sites excluding steroid dienone is 2. The van der Waals surface area contributed by atoms with Crippen LogP contribution in [0.15, 0.2) is 12.2 Å². The third-order valence-corrected chi connectivity index (χ3v) is 4.40. The van der Waals surface area contributed by atoms with Crippen molar-refractivity contribution >= 4 is 5.97 Å². The fourth-order valence-electron chi connectivity index (χ4n) is 2.79. The lowest BCUT2D eigenvalue weighted by Gasteiger charge is -2.05. The van der Waals surface area contributed by atoms with Crippen molar-refractivity contribution in [2.45, 2.75) is 110 Å². The second-order valence-electron chi connectivity index (χ2n) is 6.99. The van der Waals surface area contributed by atoms with Gasteiger partial charge in [-0.15, -0.1) is 0 Å². The van der Waals surface area contributed by atoms with Gasteiger partial charge in [-0.3, -0.25) is 10.1 Å². The number of nitrogens with one attached hydrogen (secondary N) is 1. The number of rotatable bonds is 19. The second-order valence-corrected chi connectivity index (χ2v) is 6.99. The van der Waals surface area contributed by atoms with Crippen molar-refractivity contribution in [1.29, 1.82) is 0 Å². The maximum absolute atomic E-state index is 11.5. The SMILES string of the molecule is CCCCCCCC/C=C\CCCCCCCC(=O)OCNCCC. The highest BCUT2D eigenvalue weighted by Crippen LogP contribution is 2.10. The molecule has 0 saturated carbocycles. The molecule has 0 aliphatic heterocycles. The third kappa shape index (κ3) is 21.1. The van der Waals surface area contributed by atoms with Crippen LogP contribution in [0.1, 0.15) is 110 Å². The van der Waals surface area contributed by atoms with E-state index in [1.54, 1.807) is 0 Å². The average molecular weight is 354 g/mol. The highest BCUT2D eigenvalue weighted by atomic mass is 16.5. The Hall–Kier alpha value is -0.830. The summed E-state index contributed by atoms with van der Waals surface area (Å²) in [7, 11) is 0. The summed E-state index contributed by atoms with van der Waals surface area (Å²) in [6, 6.07) is 0. The van der Waals surface area contributed by atoms with Crippen molar-refractivity contribution in [3.05, 3.63) is 12.2 Å². The minimum absolute atomic E-state index is 0.0683. The van der Waals surface area contributed by atoms with Crippen molar-refractivity contribution in [3.8, 4) is 0 Å². The monoisotopic (exact) mass is 353 g/mol. The molecule has 0 saturated heterocycles. The number of hydrogen-bond donors (Lipinski definition) is 1. The lowest BCUT2D eigenvalue weighted by molar-refractivity contribution is -0.144. The van der Waals surface area contributed by atoms with Crippen molar-refractivity contribution in [2.24, 2.45) is 0 Å². The Morgan fingerprint density at radius 1 is 0.760 bits per heavy atom. The predicted molar refractivity (Wildman–Crippen MR) is 109 cm³/mol. The molecule has 0 amide bonds. The van der Waals surface area contributed by atoms with Crippen LogP contribution in [0.25, 0.3) is 0 Å². The van der Waals surface area contributed by atoms with E-state index in [4.69, 9.17) is 4.74 Å². The van der Waals surface area contributed by atoms with Gasteiger partial charge in [-0.05, 0) is 45.1 Å². The first-order valence-corrected chi connectivity index (χ1v) is 10.8. The molecule has 0 heterocycles. The summed E-state index contributed by atoms with van der Waals surface area (Å²) < 4.78 is 5.10. The Kier molecular flexibility index (Phi) is 20.5. The Morgan fingerprint density at radius 3 is 1.92 bits per heavy atom. The van der Waals surface area contributed by atoms with E-state index in [-0.39, 0.29) is 5.97 Å². The Labute approximate surface area is 157 Å². The van der Waals surface area contributed by atoms with Crippen molar-refractivity contribution in [2.75, 3.05) is 13.3 Å². The van der Waals surface area contributed by atoms with Gasteiger partial charge in [0.05, 0.1) is 0 Å². The van der Waals surface area contributed by atoms with Gasteiger partial charge in [0.2, 0.25) is 0 Å². The molecular formula is C22H43NO2. The smallest absolute Gasteiger partial charge is 0.307 e. The number of carbonyl (C=O) groups excluding carboxylic acids is 1. The zero-order valence-corrected chi connectivity index (χ0v) is 17.0. The normalized spacial score (nSPS) is 11.3. The Balaban J connectivity index is 3.17. The zero-order valence-electron chi connectivity index (χ0n) is 17.0. The molecule has 0 rings (SSSR count). The standard InChI is InChI=1S/C22H43NO2/c1-3-5-6-7-8-9-10-11-12-13-14-15-16-17-18-19-22(24)25-21-23-20-4-2/h11-12,23H,3-10,13-21H2,1-2H3/b12-11-. The van der Waals surface area contributed by atoms with E-state index in [9.17, 15) is 4.79 Å². The summed E-state index contributed by atoms with van der Waals surface area (Å²) >= 11 is 0. The van der Waals surface area contributed by atoms with Crippen LogP contribution in [0.2, 0.25) is 0 Å². The first kappa shape index (κ1) is 24.2. The average Bonchev–Trinajstić information content (AvgIpc) is 2.62. The van der Waals surface area contributed by atoms with Gasteiger partial charge in [0, 0.05) is 6.42 Å². The second kappa shape index (κ2) is 21.2. The van der Waals surface area contributed by atoms with E-state index in [2.05, 4.69) is 31.3 Å². The highest BCUT2D eigenvalue weighted by Gasteiger charge is 2.01. The van der Waals surface area contributed by atoms with Crippen LogP contribution in [-0.2, 0) is 9.53 Å². The molecule has 25 heavy (non-hydrogen) atoms. The molecule has 3 heteroatoms. The molecule has 0 atom stereocenters. The van der Waals surface area contributed by atoms with Gasteiger partial charge in [0.15, 0.2) is 0 Å². The molecule has 0 aromatic carbocycles. The molecular weight excluding hydrogens is 310 g/mol. The maximum Gasteiger partial charge on any atom is 0.307 e. The van der Waals surface area contributed by atoms with Gasteiger partial charge in [-0.1, -0.05) is 77.4 Å². The number of esters is 1. The highest BCUT2D eigenvalue weighted by molar-refractivity contribution is 5.69. The molecule has 0 aromatic rings. The minimum Gasteiger partial charge on any atom is -0.450 e. The van der Waals surface area contributed by atoms with Gasteiger partial charge in [-0.2, -0.15) is 0 Å². The topological polar surface area (TPSA) is 38.3 Å². The van der Waals surface area contributed by atoms with E-state index in [1.165, 1.54) is 70.6 Å². The van der Waals surface area contributed by atoms with Crippen LogP contribution < -0.4 is 5.32 Å². The Bertz CT molecular complexity index is 302. The van der Waals surface area contributed by atoms with Gasteiger partial charge in [-0.25, -0.2) is 0 Å². The van der Waals surface area contributed by atoms with Crippen molar-refractivity contribution in [3.63, 3.8) is 0 Å². The molecule has 0 bridgehead atoms. The van der Waals surface area contributed by atoms with E-state index < -0.39 is 0 Å². The summed E-state index contributed by atoms with van der Waals surface area (Å²) in [5, 5.41) is 3.07. The zero-order chi connectivity index (χ0) is 18.4. The molecule has 0 unspecified atom stereocenters. The van der Waals surface area contributed by atoms with Crippen LogP contribution >= 0.6 is 0 Å². The van der Waals surface area contributed by atoms with Crippen LogP contribution in [0.3, 0.4) is 0 Å². The van der Waals surface area contributed by atoms with E-state index in [0.717, 1.165) is 25.8 Å². The van der Waals surface area contributed by atoms with Crippen molar-refractivity contribution in [1.82, 2.24) is 5.32 Å².